The van der Waals surface area contributed by atoms with Gasteiger partial charge in [0, 0.05) is 17.8 Å². The van der Waals surface area contributed by atoms with Crippen LogP contribution in [-0.2, 0) is 0 Å². The van der Waals surface area contributed by atoms with Crippen molar-refractivity contribution >= 4 is 16.8 Å². The second-order valence-corrected chi connectivity index (χ2v) is 5.01. The molecule has 1 atom stereocenters. The molecule has 1 heterocycles. The van der Waals surface area contributed by atoms with Crippen LogP contribution in [0.3, 0.4) is 0 Å². The summed E-state index contributed by atoms with van der Waals surface area (Å²) in [5.74, 6) is 0.322. The number of fused-ring (bicyclic) bond motifs is 1. The van der Waals surface area contributed by atoms with Gasteiger partial charge in [-0.2, -0.15) is 0 Å². The topological polar surface area (TPSA) is 12.9 Å². The Labute approximate surface area is 119 Å². The highest BCUT2D eigenvalue weighted by molar-refractivity contribution is 5.84. The molecule has 1 aromatic heterocycles. The molecule has 0 saturated heterocycles. The monoisotopic (exact) mass is 259 g/mol. The number of rotatable bonds is 3. The van der Waals surface area contributed by atoms with Gasteiger partial charge in [-0.25, -0.2) is 0 Å². The fourth-order valence-electron chi connectivity index (χ4n) is 2.31. The van der Waals surface area contributed by atoms with Crippen molar-refractivity contribution in [2.45, 2.75) is 12.8 Å². The van der Waals surface area contributed by atoms with E-state index in [1.807, 2.05) is 18.3 Å². The highest BCUT2D eigenvalue weighted by Crippen LogP contribution is 2.19. The molecule has 98 valence electrons. The van der Waals surface area contributed by atoms with Gasteiger partial charge in [-0.1, -0.05) is 61.5 Å². The lowest BCUT2D eigenvalue weighted by Gasteiger charge is -2.05. The van der Waals surface area contributed by atoms with Gasteiger partial charge in [0.05, 0.1) is 0 Å². The Hall–Kier alpha value is -2.41. The molecule has 0 aliphatic heterocycles. The van der Waals surface area contributed by atoms with Crippen LogP contribution in [0.25, 0.3) is 16.8 Å². The zero-order chi connectivity index (χ0) is 13.8. The minimum Gasteiger partial charge on any atom is -0.261 e. The first-order valence-electron chi connectivity index (χ1n) is 6.91. The van der Waals surface area contributed by atoms with E-state index in [4.69, 9.17) is 0 Å². The first kappa shape index (κ1) is 12.6. The normalized spacial score (nSPS) is 12.8. The van der Waals surface area contributed by atoms with E-state index >= 15 is 0 Å². The fraction of sp³-hybridized carbons (Fsp3) is 0.105. The van der Waals surface area contributed by atoms with Crippen molar-refractivity contribution < 1.29 is 0 Å². The van der Waals surface area contributed by atoms with Crippen LogP contribution in [0.15, 0.2) is 72.9 Å². The number of aromatic nitrogens is 1. The molecule has 1 nitrogen and oxygen atoms in total. The van der Waals surface area contributed by atoms with E-state index in [-0.39, 0.29) is 0 Å². The second kappa shape index (κ2) is 5.70. The third-order valence-corrected chi connectivity index (χ3v) is 3.51. The van der Waals surface area contributed by atoms with Gasteiger partial charge in [0.2, 0.25) is 0 Å². The summed E-state index contributed by atoms with van der Waals surface area (Å²) in [5.41, 5.74) is 2.33. The molecule has 0 aliphatic rings. The lowest BCUT2D eigenvalue weighted by Crippen LogP contribution is -1.91. The second-order valence-electron chi connectivity index (χ2n) is 5.01. The Morgan fingerprint density at radius 3 is 2.50 bits per heavy atom. The molecule has 1 heteroatoms. The maximum atomic E-state index is 4.39. The number of nitrogens with zero attached hydrogens (tertiary/aromatic N) is 1. The maximum Gasteiger partial charge on any atom is 0.0469 e. The third kappa shape index (κ3) is 2.77. The molecule has 0 aliphatic carbocycles. The van der Waals surface area contributed by atoms with Crippen LogP contribution < -0.4 is 0 Å². The lowest BCUT2D eigenvalue weighted by atomic mass is 10.0. The lowest BCUT2D eigenvalue weighted by molar-refractivity contribution is 0.911. The minimum atomic E-state index is 0.322. The Bertz CT molecular complexity index is 729. The van der Waals surface area contributed by atoms with E-state index in [0.29, 0.717) is 5.92 Å². The zero-order valence-corrected chi connectivity index (χ0v) is 11.5. The van der Waals surface area contributed by atoms with Crippen LogP contribution >= 0.6 is 0 Å². The number of hydrogen-bond donors (Lipinski definition) is 0. The number of pyridine rings is 1. The van der Waals surface area contributed by atoms with E-state index in [9.17, 15) is 0 Å². The molecular formula is C19H17N. The van der Waals surface area contributed by atoms with E-state index in [1.165, 1.54) is 16.3 Å². The molecule has 0 amide bonds. The largest absolute Gasteiger partial charge is 0.261 e. The van der Waals surface area contributed by atoms with E-state index in [1.54, 1.807) is 0 Å². The summed E-state index contributed by atoms with van der Waals surface area (Å²) in [6.07, 6.45) is 6.22. The number of hydrogen-bond acceptors (Lipinski definition) is 1. The number of allylic oxidation sites excluding steroid dienone is 1. The van der Waals surface area contributed by atoms with Gasteiger partial charge >= 0.3 is 0 Å². The summed E-state index contributed by atoms with van der Waals surface area (Å²) in [6.45, 7) is 2.17. The molecule has 0 spiro atoms. The summed E-state index contributed by atoms with van der Waals surface area (Å²) in [7, 11) is 0. The van der Waals surface area contributed by atoms with E-state index < -0.39 is 0 Å². The molecule has 0 bridgehead atoms. The average molecular weight is 259 g/mol. The Balaban J connectivity index is 1.83. The van der Waals surface area contributed by atoms with Crippen molar-refractivity contribution in [2.75, 3.05) is 0 Å². The third-order valence-electron chi connectivity index (χ3n) is 3.51. The van der Waals surface area contributed by atoms with Crippen molar-refractivity contribution in [1.29, 1.82) is 0 Å². The summed E-state index contributed by atoms with van der Waals surface area (Å²) >= 11 is 0. The molecular weight excluding hydrogens is 242 g/mol. The molecule has 0 fully saturated rings. The molecule has 0 radical (unpaired) electrons. The molecule has 3 rings (SSSR count). The van der Waals surface area contributed by atoms with Gasteiger partial charge in [0.25, 0.3) is 0 Å². The smallest absolute Gasteiger partial charge is 0.0469 e. The molecule has 0 unspecified atom stereocenters. The Morgan fingerprint density at radius 1 is 0.900 bits per heavy atom. The predicted molar refractivity (Wildman–Crippen MR) is 85.6 cm³/mol. The van der Waals surface area contributed by atoms with Crippen molar-refractivity contribution in [3.05, 3.63) is 84.2 Å². The highest BCUT2D eigenvalue weighted by Gasteiger charge is 2.01. The molecule has 3 aromatic rings. The molecule has 20 heavy (non-hydrogen) atoms. The van der Waals surface area contributed by atoms with E-state index in [0.717, 1.165) is 5.69 Å². The fourth-order valence-corrected chi connectivity index (χ4v) is 2.31. The van der Waals surface area contributed by atoms with Crippen molar-refractivity contribution in [3.63, 3.8) is 0 Å². The minimum absolute atomic E-state index is 0.322. The highest BCUT2D eigenvalue weighted by atomic mass is 14.7. The van der Waals surface area contributed by atoms with Crippen molar-refractivity contribution in [3.8, 4) is 0 Å². The maximum absolute atomic E-state index is 4.39. The summed E-state index contributed by atoms with van der Waals surface area (Å²) in [5, 5.41) is 2.56. The van der Waals surface area contributed by atoms with Gasteiger partial charge < -0.3 is 0 Å². The number of benzene rings is 2. The van der Waals surface area contributed by atoms with Crippen LogP contribution in [0.2, 0.25) is 0 Å². The molecule has 0 saturated carbocycles. The van der Waals surface area contributed by atoms with E-state index in [2.05, 4.69) is 72.6 Å². The molecule has 2 aromatic carbocycles. The van der Waals surface area contributed by atoms with Crippen LogP contribution in [0.5, 0.6) is 0 Å². The van der Waals surface area contributed by atoms with Gasteiger partial charge in [-0.15, -0.1) is 0 Å². The van der Waals surface area contributed by atoms with Crippen LogP contribution in [0.4, 0.5) is 0 Å². The van der Waals surface area contributed by atoms with Crippen molar-refractivity contribution in [1.82, 2.24) is 4.98 Å². The van der Waals surface area contributed by atoms with Gasteiger partial charge in [-0.05, 0) is 34.5 Å². The standard InChI is InChI=1S/C19H17N/c1-15(19-8-4-5-13-20-19)9-10-16-11-12-17-6-2-3-7-18(17)14-16/h2-15H,1H3/b10-9+/t15-/m1/s1. The van der Waals surface area contributed by atoms with Gasteiger partial charge in [-0.3, -0.25) is 4.98 Å². The van der Waals surface area contributed by atoms with Gasteiger partial charge in [0.1, 0.15) is 0 Å². The first-order valence-corrected chi connectivity index (χ1v) is 6.91. The zero-order valence-electron chi connectivity index (χ0n) is 11.5. The van der Waals surface area contributed by atoms with Gasteiger partial charge in [0.15, 0.2) is 0 Å². The molecule has 0 N–H and O–H groups in total. The summed E-state index contributed by atoms with van der Waals surface area (Å²) < 4.78 is 0. The SMILES string of the molecule is C[C@H](/C=C/c1ccc2ccccc2c1)c1ccccn1. The van der Waals surface area contributed by atoms with Crippen molar-refractivity contribution in [2.24, 2.45) is 0 Å². The van der Waals surface area contributed by atoms with Crippen LogP contribution in [-0.4, -0.2) is 4.98 Å². The predicted octanol–water partition coefficient (Wildman–Crippen LogP) is 5.05. The average Bonchev–Trinajstić information content (AvgIpc) is 2.53. The van der Waals surface area contributed by atoms with Crippen LogP contribution in [0.1, 0.15) is 24.1 Å². The van der Waals surface area contributed by atoms with Crippen LogP contribution in [0, 0.1) is 0 Å². The Kier molecular flexibility index (Phi) is 3.60. The Morgan fingerprint density at radius 2 is 1.70 bits per heavy atom. The quantitative estimate of drug-likeness (QED) is 0.641. The first-order chi connectivity index (χ1) is 9.83. The summed E-state index contributed by atoms with van der Waals surface area (Å²) in [6, 6.07) is 21.0. The summed E-state index contributed by atoms with van der Waals surface area (Å²) in [4.78, 5) is 4.39.